The van der Waals surface area contributed by atoms with Crippen LogP contribution in [0, 0.1) is 11.8 Å². The fraction of sp³-hybridized carbons (Fsp3) is 0.500. The summed E-state index contributed by atoms with van der Waals surface area (Å²) in [6.07, 6.45) is 0.824. The van der Waals surface area contributed by atoms with Crippen LogP contribution in [0.3, 0.4) is 0 Å². The first-order chi connectivity index (χ1) is 8.06. The standard InChI is InChI=1S/C14H22N2O/c1-10(2)13(9-11(3)14(17)16-15)12-7-5-4-6-8-12/h4-8,10-11,13H,9,15H2,1-3H3,(H,16,17). The lowest BCUT2D eigenvalue weighted by molar-refractivity contribution is -0.124. The molecule has 3 nitrogen and oxygen atoms in total. The molecular weight excluding hydrogens is 212 g/mol. The molecule has 1 rings (SSSR count). The van der Waals surface area contributed by atoms with Gasteiger partial charge in [-0.1, -0.05) is 51.1 Å². The average Bonchev–Trinajstić information content (AvgIpc) is 2.35. The van der Waals surface area contributed by atoms with Crippen LogP contribution in [0.4, 0.5) is 0 Å². The summed E-state index contributed by atoms with van der Waals surface area (Å²) in [6, 6.07) is 10.3. The van der Waals surface area contributed by atoms with Crippen LogP contribution in [0.1, 0.15) is 38.7 Å². The monoisotopic (exact) mass is 234 g/mol. The van der Waals surface area contributed by atoms with Crippen LogP contribution >= 0.6 is 0 Å². The quantitative estimate of drug-likeness (QED) is 0.467. The average molecular weight is 234 g/mol. The maximum Gasteiger partial charge on any atom is 0.236 e. The Morgan fingerprint density at radius 1 is 1.24 bits per heavy atom. The Hall–Kier alpha value is -1.35. The molecule has 0 aliphatic rings. The van der Waals surface area contributed by atoms with Gasteiger partial charge in [0.15, 0.2) is 0 Å². The zero-order chi connectivity index (χ0) is 12.8. The molecule has 0 aliphatic heterocycles. The molecule has 3 N–H and O–H groups in total. The van der Waals surface area contributed by atoms with E-state index in [1.807, 2.05) is 25.1 Å². The number of nitrogens with two attached hydrogens (primary N) is 1. The highest BCUT2D eigenvalue weighted by atomic mass is 16.2. The van der Waals surface area contributed by atoms with E-state index in [4.69, 9.17) is 5.84 Å². The fourth-order valence-corrected chi connectivity index (χ4v) is 2.12. The van der Waals surface area contributed by atoms with Gasteiger partial charge in [-0.15, -0.1) is 0 Å². The van der Waals surface area contributed by atoms with Gasteiger partial charge < -0.3 is 0 Å². The van der Waals surface area contributed by atoms with Crippen LogP contribution < -0.4 is 11.3 Å². The van der Waals surface area contributed by atoms with Crippen molar-refractivity contribution in [2.75, 3.05) is 0 Å². The highest BCUT2D eigenvalue weighted by Crippen LogP contribution is 2.30. The van der Waals surface area contributed by atoms with Crippen molar-refractivity contribution in [1.29, 1.82) is 0 Å². The molecule has 2 atom stereocenters. The molecule has 0 bridgehead atoms. The second-order valence-electron chi connectivity index (χ2n) is 4.91. The van der Waals surface area contributed by atoms with Gasteiger partial charge in [-0.3, -0.25) is 10.2 Å². The number of rotatable bonds is 5. The molecule has 0 radical (unpaired) electrons. The summed E-state index contributed by atoms with van der Waals surface area (Å²) >= 11 is 0. The molecule has 1 amide bonds. The number of nitrogens with one attached hydrogen (secondary N) is 1. The molecule has 0 aliphatic carbocycles. The second kappa shape index (κ2) is 6.40. The van der Waals surface area contributed by atoms with Crippen LogP contribution in [0.2, 0.25) is 0 Å². The fourth-order valence-electron chi connectivity index (χ4n) is 2.12. The molecule has 1 aromatic rings. The van der Waals surface area contributed by atoms with Gasteiger partial charge in [0, 0.05) is 5.92 Å². The third-order valence-corrected chi connectivity index (χ3v) is 3.23. The summed E-state index contributed by atoms with van der Waals surface area (Å²) in [6.45, 7) is 6.29. The van der Waals surface area contributed by atoms with E-state index in [-0.39, 0.29) is 11.8 Å². The number of hydrogen-bond acceptors (Lipinski definition) is 2. The summed E-state index contributed by atoms with van der Waals surface area (Å²) in [5.74, 6) is 5.91. The Bertz CT molecular complexity index is 348. The molecule has 17 heavy (non-hydrogen) atoms. The van der Waals surface area contributed by atoms with Crippen molar-refractivity contribution in [3.05, 3.63) is 35.9 Å². The molecule has 3 heteroatoms. The van der Waals surface area contributed by atoms with Crippen molar-refractivity contribution in [2.24, 2.45) is 17.7 Å². The molecule has 2 unspecified atom stereocenters. The van der Waals surface area contributed by atoms with E-state index in [9.17, 15) is 4.79 Å². The lowest BCUT2D eigenvalue weighted by Gasteiger charge is -2.24. The number of hydrazine groups is 1. The van der Waals surface area contributed by atoms with Gasteiger partial charge in [0.25, 0.3) is 0 Å². The predicted octanol–water partition coefficient (Wildman–Crippen LogP) is 2.44. The molecule has 0 fully saturated rings. The zero-order valence-corrected chi connectivity index (χ0v) is 10.8. The minimum atomic E-state index is -0.0911. The van der Waals surface area contributed by atoms with Crippen molar-refractivity contribution in [3.8, 4) is 0 Å². The third-order valence-electron chi connectivity index (χ3n) is 3.23. The van der Waals surface area contributed by atoms with E-state index in [2.05, 4.69) is 31.4 Å². The Morgan fingerprint density at radius 2 is 1.82 bits per heavy atom. The zero-order valence-electron chi connectivity index (χ0n) is 10.8. The number of hydrogen-bond donors (Lipinski definition) is 2. The molecule has 94 valence electrons. The largest absolute Gasteiger partial charge is 0.294 e. The van der Waals surface area contributed by atoms with Crippen LogP contribution in [-0.4, -0.2) is 5.91 Å². The van der Waals surface area contributed by atoms with E-state index in [1.165, 1.54) is 5.56 Å². The highest BCUT2D eigenvalue weighted by Gasteiger charge is 2.22. The Morgan fingerprint density at radius 3 is 2.29 bits per heavy atom. The first-order valence-corrected chi connectivity index (χ1v) is 6.11. The van der Waals surface area contributed by atoms with E-state index < -0.39 is 0 Å². The van der Waals surface area contributed by atoms with Crippen molar-refractivity contribution in [2.45, 2.75) is 33.1 Å². The normalized spacial score (nSPS) is 14.4. The van der Waals surface area contributed by atoms with Crippen LogP contribution in [0.15, 0.2) is 30.3 Å². The molecule has 0 heterocycles. The minimum absolute atomic E-state index is 0.0624. The van der Waals surface area contributed by atoms with Crippen molar-refractivity contribution in [3.63, 3.8) is 0 Å². The summed E-state index contributed by atoms with van der Waals surface area (Å²) < 4.78 is 0. The topological polar surface area (TPSA) is 55.1 Å². The van der Waals surface area contributed by atoms with Crippen LogP contribution in [0.5, 0.6) is 0 Å². The number of amides is 1. The van der Waals surface area contributed by atoms with Crippen molar-refractivity contribution in [1.82, 2.24) is 5.43 Å². The van der Waals surface area contributed by atoms with Crippen molar-refractivity contribution < 1.29 is 4.79 Å². The van der Waals surface area contributed by atoms with Gasteiger partial charge in [0.1, 0.15) is 0 Å². The van der Waals surface area contributed by atoms with Gasteiger partial charge in [-0.05, 0) is 23.8 Å². The molecule has 0 saturated heterocycles. The van der Waals surface area contributed by atoms with E-state index in [1.54, 1.807) is 0 Å². The number of benzene rings is 1. The number of carbonyl (C=O) groups is 1. The summed E-state index contributed by atoms with van der Waals surface area (Å²) in [5.41, 5.74) is 3.51. The van der Waals surface area contributed by atoms with E-state index >= 15 is 0 Å². The molecule has 0 saturated carbocycles. The Balaban J connectivity index is 2.78. The van der Waals surface area contributed by atoms with Crippen LogP contribution in [-0.2, 0) is 4.79 Å². The van der Waals surface area contributed by atoms with Crippen molar-refractivity contribution >= 4 is 5.91 Å². The second-order valence-corrected chi connectivity index (χ2v) is 4.91. The first kappa shape index (κ1) is 13.7. The molecular formula is C14H22N2O. The minimum Gasteiger partial charge on any atom is -0.294 e. The maximum absolute atomic E-state index is 11.5. The van der Waals surface area contributed by atoms with Crippen LogP contribution in [0.25, 0.3) is 0 Å². The summed E-state index contributed by atoms with van der Waals surface area (Å²) in [7, 11) is 0. The molecule has 0 aromatic heterocycles. The van der Waals surface area contributed by atoms with E-state index in [0.29, 0.717) is 11.8 Å². The maximum atomic E-state index is 11.5. The highest BCUT2D eigenvalue weighted by molar-refractivity contribution is 5.77. The Kier molecular flexibility index (Phi) is 5.16. The lowest BCUT2D eigenvalue weighted by Crippen LogP contribution is -2.35. The Labute approximate surface area is 103 Å². The first-order valence-electron chi connectivity index (χ1n) is 6.11. The van der Waals surface area contributed by atoms with Gasteiger partial charge in [0.2, 0.25) is 5.91 Å². The van der Waals surface area contributed by atoms with Gasteiger partial charge in [-0.25, -0.2) is 5.84 Å². The number of carbonyl (C=O) groups excluding carboxylic acids is 1. The van der Waals surface area contributed by atoms with Gasteiger partial charge >= 0.3 is 0 Å². The third kappa shape index (κ3) is 3.86. The molecule has 1 aromatic carbocycles. The molecule has 0 spiro atoms. The predicted molar refractivity (Wildman–Crippen MR) is 70.1 cm³/mol. The lowest BCUT2D eigenvalue weighted by atomic mass is 9.81. The smallest absolute Gasteiger partial charge is 0.236 e. The van der Waals surface area contributed by atoms with E-state index in [0.717, 1.165) is 6.42 Å². The van der Waals surface area contributed by atoms with Gasteiger partial charge in [0.05, 0.1) is 0 Å². The SMILES string of the molecule is CC(CC(c1ccccc1)C(C)C)C(=O)NN. The van der Waals surface area contributed by atoms with Gasteiger partial charge in [-0.2, -0.15) is 0 Å². The summed E-state index contributed by atoms with van der Waals surface area (Å²) in [5, 5.41) is 0. The summed E-state index contributed by atoms with van der Waals surface area (Å²) in [4.78, 5) is 11.5.